The molecule has 1 aliphatic carbocycles. The molecule has 0 bridgehead atoms. The minimum absolute atomic E-state index is 0.428. The van der Waals surface area contributed by atoms with Crippen LogP contribution in [0.2, 0.25) is 0 Å². The Hall–Kier alpha value is -0.910. The number of nitrogens with one attached hydrogen (secondary N) is 1. The molecule has 130 valence electrons. The number of aryl methyl sites for hydroxylation is 2. The van der Waals surface area contributed by atoms with Crippen LogP contribution < -0.4 is 5.32 Å². The monoisotopic (exact) mass is 319 g/mol. The SMILES string of the molecule is CNCC(c1c(C)nc(C)n1C)N1CCN(C2CCCC2)CC1. The average molecular weight is 319 g/mol. The highest BCUT2D eigenvalue weighted by molar-refractivity contribution is 5.20. The lowest BCUT2D eigenvalue weighted by Gasteiger charge is -2.41. The summed E-state index contributed by atoms with van der Waals surface area (Å²) in [7, 11) is 4.21. The minimum atomic E-state index is 0.428. The number of piperazine rings is 1. The van der Waals surface area contributed by atoms with Crippen LogP contribution in [-0.4, -0.2) is 65.2 Å². The summed E-state index contributed by atoms with van der Waals surface area (Å²) < 4.78 is 2.28. The Kier molecular flexibility index (Phi) is 5.39. The van der Waals surface area contributed by atoms with Crippen molar-refractivity contribution in [1.29, 1.82) is 0 Å². The van der Waals surface area contributed by atoms with E-state index in [0.29, 0.717) is 6.04 Å². The van der Waals surface area contributed by atoms with Crippen LogP contribution in [0.4, 0.5) is 0 Å². The maximum Gasteiger partial charge on any atom is 0.105 e. The van der Waals surface area contributed by atoms with Crippen molar-refractivity contribution in [2.75, 3.05) is 39.8 Å². The number of rotatable bonds is 5. The second kappa shape index (κ2) is 7.32. The lowest BCUT2D eigenvalue weighted by atomic mass is 10.1. The third-order valence-electron chi connectivity index (χ3n) is 5.89. The molecule has 1 atom stereocenters. The largest absolute Gasteiger partial charge is 0.334 e. The summed E-state index contributed by atoms with van der Waals surface area (Å²) in [5.74, 6) is 1.11. The van der Waals surface area contributed by atoms with Gasteiger partial charge in [-0.05, 0) is 33.7 Å². The Morgan fingerprint density at radius 1 is 1.13 bits per heavy atom. The summed E-state index contributed by atoms with van der Waals surface area (Å²) in [6.45, 7) is 10.0. The van der Waals surface area contributed by atoms with Gasteiger partial charge in [-0.15, -0.1) is 0 Å². The van der Waals surface area contributed by atoms with Crippen molar-refractivity contribution in [2.45, 2.75) is 51.6 Å². The van der Waals surface area contributed by atoms with Crippen LogP contribution in [0.15, 0.2) is 0 Å². The molecule has 1 aliphatic heterocycles. The predicted octanol–water partition coefficient (Wildman–Crippen LogP) is 1.86. The summed E-state index contributed by atoms with van der Waals surface area (Å²) in [6.07, 6.45) is 5.70. The quantitative estimate of drug-likeness (QED) is 0.899. The molecule has 1 unspecified atom stereocenters. The molecule has 1 aromatic rings. The van der Waals surface area contributed by atoms with Crippen LogP contribution in [0.5, 0.6) is 0 Å². The van der Waals surface area contributed by atoms with E-state index in [9.17, 15) is 0 Å². The van der Waals surface area contributed by atoms with Gasteiger partial charge in [0.05, 0.1) is 17.4 Å². The topological polar surface area (TPSA) is 36.3 Å². The molecule has 1 saturated carbocycles. The van der Waals surface area contributed by atoms with Crippen molar-refractivity contribution < 1.29 is 0 Å². The van der Waals surface area contributed by atoms with Crippen LogP contribution in [0.1, 0.15) is 48.9 Å². The summed E-state index contributed by atoms with van der Waals surface area (Å²) in [6, 6.07) is 1.29. The molecule has 0 spiro atoms. The second-order valence-electron chi connectivity index (χ2n) is 7.27. The molecule has 0 radical (unpaired) electrons. The van der Waals surface area contributed by atoms with Gasteiger partial charge in [0.25, 0.3) is 0 Å². The molecule has 5 nitrogen and oxygen atoms in total. The Bertz CT molecular complexity index is 510. The normalized spacial score (nSPS) is 22.8. The highest BCUT2D eigenvalue weighted by Gasteiger charge is 2.31. The molecule has 0 amide bonds. The van der Waals surface area contributed by atoms with E-state index in [1.165, 1.54) is 63.3 Å². The minimum Gasteiger partial charge on any atom is -0.334 e. The van der Waals surface area contributed by atoms with Gasteiger partial charge in [-0.2, -0.15) is 0 Å². The fraction of sp³-hybridized carbons (Fsp3) is 0.833. The molecule has 1 aromatic heterocycles. The molecule has 1 N–H and O–H groups in total. The third kappa shape index (κ3) is 3.47. The second-order valence-corrected chi connectivity index (χ2v) is 7.27. The lowest BCUT2D eigenvalue weighted by Crippen LogP contribution is -2.52. The zero-order chi connectivity index (χ0) is 16.4. The first kappa shape index (κ1) is 16.9. The van der Waals surface area contributed by atoms with Crippen LogP contribution in [0.25, 0.3) is 0 Å². The van der Waals surface area contributed by atoms with Crippen LogP contribution >= 0.6 is 0 Å². The zero-order valence-corrected chi connectivity index (χ0v) is 15.3. The maximum absolute atomic E-state index is 4.68. The van der Waals surface area contributed by atoms with Gasteiger partial charge in [-0.25, -0.2) is 4.98 Å². The Labute approximate surface area is 141 Å². The standard InChI is InChI=1S/C18H33N5/c1-14-18(21(4)15(2)20-14)17(13-19-3)23-11-9-22(10-12-23)16-7-5-6-8-16/h16-17,19H,5-13H2,1-4H3. The maximum atomic E-state index is 4.68. The van der Waals surface area contributed by atoms with Crippen molar-refractivity contribution in [2.24, 2.45) is 7.05 Å². The number of nitrogens with zero attached hydrogens (tertiary/aromatic N) is 4. The van der Waals surface area contributed by atoms with Crippen molar-refractivity contribution in [1.82, 2.24) is 24.7 Å². The van der Waals surface area contributed by atoms with Gasteiger partial charge in [0.2, 0.25) is 0 Å². The highest BCUT2D eigenvalue weighted by Crippen LogP contribution is 2.28. The molecule has 3 rings (SSSR count). The molecular formula is C18H33N5. The molecule has 5 heteroatoms. The lowest BCUT2D eigenvalue weighted by molar-refractivity contribution is 0.0679. The third-order valence-corrected chi connectivity index (χ3v) is 5.89. The highest BCUT2D eigenvalue weighted by atomic mass is 15.3. The van der Waals surface area contributed by atoms with Gasteiger partial charge >= 0.3 is 0 Å². The van der Waals surface area contributed by atoms with Crippen molar-refractivity contribution in [3.8, 4) is 0 Å². The van der Waals surface area contributed by atoms with Crippen molar-refractivity contribution >= 4 is 0 Å². The fourth-order valence-electron chi connectivity index (χ4n) is 4.53. The molecule has 0 aromatic carbocycles. The number of aromatic nitrogens is 2. The summed E-state index contributed by atoms with van der Waals surface area (Å²) >= 11 is 0. The molecular weight excluding hydrogens is 286 g/mol. The van der Waals surface area contributed by atoms with E-state index >= 15 is 0 Å². The van der Waals surface area contributed by atoms with E-state index in [1.807, 2.05) is 0 Å². The predicted molar refractivity (Wildman–Crippen MR) is 94.8 cm³/mol. The van der Waals surface area contributed by atoms with Gasteiger partial charge in [0.1, 0.15) is 5.82 Å². The van der Waals surface area contributed by atoms with E-state index in [2.05, 4.69) is 52.6 Å². The van der Waals surface area contributed by atoms with Gasteiger partial charge < -0.3 is 9.88 Å². The first-order chi connectivity index (χ1) is 11.1. The van der Waals surface area contributed by atoms with Crippen LogP contribution in [-0.2, 0) is 7.05 Å². The summed E-state index contributed by atoms with van der Waals surface area (Å²) in [4.78, 5) is 10.1. The number of imidazole rings is 1. The van der Waals surface area contributed by atoms with E-state index in [4.69, 9.17) is 0 Å². The summed E-state index contributed by atoms with van der Waals surface area (Å²) in [5, 5.41) is 3.40. The first-order valence-electron chi connectivity index (χ1n) is 9.24. The molecule has 2 fully saturated rings. The van der Waals surface area contributed by atoms with E-state index < -0.39 is 0 Å². The first-order valence-corrected chi connectivity index (χ1v) is 9.24. The number of hydrogen-bond acceptors (Lipinski definition) is 4. The van der Waals surface area contributed by atoms with Gasteiger partial charge in [-0.3, -0.25) is 9.80 Å². The van der Waals surface area contributed by atoms with E-state index in [-0.39, 0.29) is 0 Å². The number of likely N-dealkylation sites (N-methyl/N-ethyl adjacent to an activating group) is 1. The Morgan fingerprint density at radius 3 is 2.30 bits per heavy atom. The van der Waals surface area contributed by atoms with Gasteiger partial charge in [0.15, 0.2) is 0 Å². The summed E-state index contributed by atoms with van der Waals surface area (Å²) in [5.41, 5.74) is 2.56. The van der Waals surface area contributed by atoms with Crippen LogP contribution in [0.3, 0.4) is 0 Å². The molecule has 23 heavy (non-hydrogen) atoms. The molecule has 2 aliphatic rings. The average Bonchev–Trinajstić information content (AvgIpc) is 3.16. The van der Waals surface area contributed by atoms with Crippen molar-refractivity contribution in [3.63, 3.8) is 0 Å². The van der Waals surface area contributed by atoms with E-state index in [1.54, 1.807) is 0 Å². The van der Waals surface area contributed by atoms with E-state index in [0.717, 1.165) is 18.4 Å². The number of hydrogen-bond donors (Lipinski definition) is 1. The van der Waals surface area contributed by atoms with Gasteiger partial charge in [0, 0.05) is 45.8 Å². The Balaban J connectivity index is 1.70. The molecule has 2 heterocycles. The Morgan fingerprint density at radius 2 is 1.78 bits per heavy atom. The van der Waals surface area contributed by atoms with Crippen molar-refractivity contribution in [3.05, 3.63) is 17.2 Å². The molecule has 1 saturated heterocycles. The smallest absolute Gasteiger partial charge is 0.105 e. The fourth-order valence-corrected chi connectivity index (χ4v) is 4.53. The van der Waals surface area contributed by atoms with Gasteiger partial charge in [-0.1, -0.05) is 12.8 Å². The zero-order valence-electron chi connectivity index (χ0n) is 15.3. The van der Waals surface area contributed by atoms with Crippen LogP contribution in [0, 0.1) is 13.8 Å².